The number of hydrogen-bond acceptors (Lipinski definition) is 4. The molecular formula is C16H18N2O3. The third kappa shape index (κ3) is 4.37. The second kappa shape index (κ2) is 7.52. The third-order valence-electron chi connectivity index (χ3n) is 3.28. The maximum atomic E-state index is 10.9. The number of rotatable bonds is 7. The first kappa shape index (κ1) is 15.2. The van der Waals surface area contributed by atoms with Crippen molar-refractivity contribution in [1.82, 2.24) is 5.32 Å². The topological polar surface area (TPSA) is 75.4 Å². The lowest BCUT2D eigenvalue weighted by atomic mass is 10.1. The van der Waals surface area contributed by atoms with Gasteiger partial charge in [0, 0.05) is 18.2 Å². The summed E-state index contributed by atoms with van der Waals surface area (Å²) in [6, 6.07) is 16.1. The van der Waals surface area contributed by atoms with Crippen LogP contribution in [-0.4, -0.2) is 16.6 Å². The molecule has 1 unspecified atom stereocenters. The molecule has 0 radical (unpaired) electrons. The molecule has 1 atom stereocenters. The molecule has 0 aliphatic carbocycles. The normalized spacial score (nSPS) is 12.0. The van der Waals surface area contributed by atoms with Gasteiger partial charge in [0.1, 0.15) is 0 Å². The lowest BCUT2D eigenvalue weighted by Crippen LogP contribution is -2.17. The summed E-state index contributed by atoms with van der Waals surface area (Å²) in [7, 11) is 0. The summed E-state index contributed by atoms with van der Waals surface area (Å²) in [5, 5.41) is 24.0. The van der Waals surface area contributed by atoms with Gasteiger partial charge in [0.2, 0.25) is 0 Å². The Kier molecular flexibility index (Phi) is 5.43. The molecule has 0 fully saturated rings. The van der Waals surface area contributed by atoms with E-state index in [4.69, 9.17) is 0 Å². The van der Waals surface area contributed by atoms with Crippen LogP contribution in [0.3, 0.4) is 0 Å². The molecule has 0 aromatic heterocycles. The van der Waals surface area contributed by atoms with E-state index in [9.17, 15) is 15.2 Å². The Hall–Kier alpha value is -2.24. The van der Waals surface area contributed by atoms with E-state index in [1.807, 2.05) is 30.3 Å². The van der Waals surface area contributed by atoms with Gasteiger partial charge in [-0.05, 0) is 18.5 Å². The molecule has 0 heterocycles. The van der Waals surface area contributed by atoms with Crippen LogP contribution >= 0.6 is 0 Å². The molecule has 21 heavy (non-hydrogen) atoms. The number of hydrogen-bond donors (Lipinski definition) is 2. The molecule has 0 spiro atoms. The predicted molar refractivity (Wildman–Crippen MR) is 80.8 cm³/mol. The summed E-state index contributed by atoms with van der Waals surface area (Å²) < 4.78 is 0. The first-order valence-electron chi connectivity index (χ1n) is 6.84. The fraction of sp³-hybridized carbons (Fsp3) is 0.250. The first-order chi connectivity index (χ1) is 10.2. The van der Waals surface area contributed by atoms with Gasteiger partial charge in [-0.25, -0.2) is 0 Å². The zero-order chi connectivity index (χ0) is 15.1. The number of nitro groups is 1. The number of nitrogens with zero attached hydrogens (tertiary/aromatic N) is 1. The molecule has 5 heteroatoms. The monoisotopic (exact) mass is 286 g/mol. The number of nitrogens with one attached hydrogen (secondary N) is 1. The second-order valence-corrected chi connectivity index (χ2v) is 4.78. The Labute approximate surface area is 123 Å². The fourth-order valence-corrected chi connectivity index (χ4v) is 2.14. The van der Waals surface area contributed by atoms with Gasteiger partial charge in [-0.2, -0.15) is 0 Å². The summed E-state index contributed by atoms with van der Waals surface area (Å²) in [6.45, 7) is 1.00. The number of nitro benzene ring substituents is 1. The molecule has 2 aromatic carbocycles. The van der Waals surface area contributed by atoms with E-state index in [0.717, 1.165) is 5.56 Å². The molecule has 2 aromatic rings. The molecule has 2 rings (SSSR count). The Bertz CT molecular complexity index is 587. The number of aliphatic hydroxyl groups is 1. The van der Waals surface area contributed by atoms with Crippen molar-refractivity contribution in [2.45, 2.75) is 19.1 Å². The van der Waals surface area contributed by atoms with Crippen molar-refractivity contribution in [2.75, 3.05) is 6.54 Å². The van der Waals surface area contributed by atoms with Crippen LogP contribution in [0, 0.1) is 10.1 Å². The number of para-hydroxylation sites is 1. The minimum Gasteiger partial charge on any atom is -0.388 e. The quantitative estimate of drug-likeness (QED) is 0.466. The number of aliphatic hydroxyl groups excluding tert-OH is 1. The van der Waals surface area contributed by atoms with Crippen molar-refractivity contribution in [3.05, 3.63) is 75.8 Å². The molecule has 0 saturated heterocycles. The summed E-state index contributed by atoms with van der Waals surface area (Å²) in [6.07, 6.45) is 0.0365. The van der Waals surface area contributed by atoms with E-state index in [-0.39, 0.29) is 10.6 Å². The molecule has 0 saturated carbocycles. The Balaban J connectivity index is 1.81. The predicted octanol–water partition coefficient (Wildman–Crippen LogP) is 2.81. The molecule has 2 N–H and O–H groups in total. The molecule has 0 amide bonds. The van der Waals surface area contributed by atoms with Crippen molar-refractivity contribution in [2.24, 2.45) is 0 Å². The summed E-state index contributed by atoms with van der Waals surface area (Å²) in [5.74, 6) is 0. The highest BCUT2D eigenvalue weighted by molar-refractivity contribution is 5.39. The second-order valence-electron chi connectivity index (χ2n) is 4.78. The lowest BCUT2D eigenvalue weighted by Gasteiger charge is -2.11. The zero-order valence-electron chi connectivity index (χ0n) is 11.6. The third-order valence-corrected chi connectivity index (χ3v) is 3.28. The van der Waals surface area contributed by atoms with Crippen LogP contribution in [0.2, 0.25) is 0 Å². The van der Waals surface area contributed by atoms with Gasteiger partial charge in [-0.3, -0.25) is 10.1 Å². The van der Waals surface area contributed by atoms with Crippen LogP contribution in [0.15, 0.2) is 54.6 Å². The zero-order valence-corrected chi connectivity index (χ0v) is 11.6. The van der Waals surface area contributed by atoms with Gasteiger partial charge >= 0.3 is 0 Å². The van der Waals surface area contributed by atoms with Gasteiger partial charge in [0.15, 0.2) is 0 Å². The van der Waals surface area contributed by atoms with Crippen molar-refractivity contribution < 1.29 is 10.0 Å². The van der Waals surface area contributed by atoms with E-state index in [1.54, 1.807) is 18.2 Å². The highest BCUT2D eigenvalue weighted by atomic mass is 16.6. The van der Waals surface area contributed by atoms with Crippen LogP contribution in [0.25, 0.3) is 0 Å². The van der Waals surface area contributed by atoms with Crippen LogP contribution in [0.4, 0.5) is 5.69 Å². The van der Waals surface area contributed by atoms with Crippen LogP contribution in [0.1, 0.15) is 23.7 Å². The van der Waals surface area contributed by atoms with Crippen molar-refractivity contribution in [3.8, 4) is 0 Å². The van der Waals surface area contributed by atoms with E-state index in [0.29, 0.717) is 25.1 Å². The Morgan fingerprint density at radius 1 is 1.10 bits per heavy atom. The summed E-state index contributed by atoms with van der Waals surface area (Å²) in [5.41, 5.74) is 1.65. The smallest absolute Gasteiger partial charge is 0.273 e. The SMILES string of the molecule is O=[N+]([O-])c1ccccc1CNCCC(O)c1ccccc1. The van der Waals surface area contributed by atoms with Crippen molar-refractivity contribution >= 4 is 5.69 Å². The highest BCUT2D eigenvalue weighted by Crippen LogP contribution is 2.18. The average molecular weight is 286 g/mol. The van der Waals surface area contributed by atoms with E-state index < -0.39 is 6.10 Å². The molecule has 0 bridgehead atoms. The molecule has 0 aliphatic heterocycles. The number of benzene rings is 2. The maximum absolute atomic E-state index is 10.9. The Morgan fingerprint density at radius 2 is 1.76 bits per heavy atom. The minimum absolute atomic E-state index is 0.119. The first-order valence-corrected chi connectivity index (χ1v) is 6.84. The molecular weight excluding hydrogens is 268 g/mol. The average Bonchev–Trinajstić information content (AvgIpc) is 2.52. The maximum Gasteiger partial charge on any atom is 0.273 e. The van der Waals surface area contributed by atoms with Crippen LogP contribution in [0.5, 0.6) is 0 Å². The van der Waals surface area contributed by atoms with Gasteiger partial charge in [-0.1, -0.05) is 48.5 Å². The van der Waals surface area contributed by atoms with Gasteiger partial charge in [0.25, 0.3) is 5.69 Å². The summed E-state index contributed by atoms with van der Waals surface area (Å²) in [4.78, 5) is 10.5. The van der Waals surface area contributed by atoms with E-state index >= 15 is 0 Å². The van der Waals surface area contributed by atoms with E-state index in [1.165, 1.54) is 6.07 Å². The van der Waals surface area contributed by atoms with Gasteiger partial charge in [0.05, 0.1) is 11.0 Å². The standard InChI is InChI=1S/C16H18N2O3/c19-16(13-6-2-1-3-7-13)10-11-17-12-14-8-4-5-9-15(14)18(20)21/h1-9,16-17,19H,10-12H2. The largest absolute Gasteiger partial charge is 0.388 e. The van der Waals surface area contributed by atoms with Gasteiger partial charge < -0.3 is 10.4 Å². The van der Waals surface area contributed by atoms with Crippen LogP contribution in [-0.2, 0) is 6.54 Å². The van der Waals surface area contributed by atoms with E-state index in [2.05, 4.69) is 5.32 Å². The van der Waals surface area contributed by atoms with Crippen molar-refractivity contribution in [1.29, 1.82) is 0 Å². The molecule has 0 aliphatic rings. The Morgan fingerprint density at radius 3 is 2.48 bits per heavy atom. The lowest BCUT2D eigenvalue weighted by molar-refractivity contribution is -0.385. The van der Waals surface area contributed by atoms with Gasteiger partial charge in [-0.15, -0.1) is 0 Å². The minimum atomic E-state index is -0.524. The van der Waals surface area contributed by atoms with Crippen molar-refractivity contribution in [3.63, 3.8) is 0 Å². The highest BCUT2D eigenvalue weighted by Gasteiger charge is 2.12. The summed E-state index contributed by atoms with van der Waals surface area (Å²) >= 11 is 0. The molecule has 5 nitrogen and oxygen atoms in total. The molecule has 110 valence electrons. The fourth-order valence-electron chi connectivity index (χ4n) is 2.14. The van der Waals surface area contributed by atoms with Crippen LogP contribution < -0.4 is 5.32 Å².